The van der Waals surface area contributed by atoms with Crippen molar-refractivity contribution < 1.29 is 14.2 Å². The van der Waals surface area contributed by atoms with Gasteiger partial charge in [0.1, 0.15) is 5.75 Å². The van der Waals surface area contributed by atoms with E-state index >= 15 is 0 Å². The molecule has 1 saturated heterocycles. The van der Waals surface area contributed by atoms with Gasteiger partial charge in [-0.2, -0.15) is 0 Å². The van der Waals surface area contributed by atoms with Crippen molar-refractivity contribution in [1.82, 2.24) is 10.2 Å². The van der Waals surface area contributed by atoms with Gasteiger partial charge in [0.15, 0.2) is 5.96 Å². The van der Waals surface area contributed by atoms with Crippen molar-refractivity contribution in [3.05, 3.63) is 29.8 Å². The first-order valence-electron chi connectivity index (χ1n) is 10.5. The number of likely N-dealkylation sites (tertiary alicyclic amines) is 1. The molecule has 166 valence electrons. The minimum absolute atomic E-state index is 0. The van der Waals surface area contributed by atoms with E-state index < -0.39 is 0 Å². The maximum atomic E-state index is 5.79. The van der Waals surface area contributed by atoms with Crippen LogP contribution in [0.3, 0.4) is 0 Å². The van der Waals surface area contributed by atoms with E-state index in [1.807, 2.05) is 12.1 Å². The fraction of sp³-hybridized carbons (Fsp3) is 0.682. The summed E-state index contributed by atoms with van der Waals surface area (Å²) in [7, 11) is 1.70. The van der Waals surface area contributed by atoms with Crippen molar-refractivity contribution in [3.63, 3.8) is 0 Å². The molecule has 0 saturated carbocycles. The molecule has 0 radical (unpaired) electrons. The highest BCUT2D eigenvalue weighted by Gasteiger charge is 2.24. The van der Waals surface area contributed by atoms with E-state index in [0.717, 1.165) is 70.4 Å². The summed E-state index contributed by atoms with van der Waals surface area (Å²) in [5, 5.41) is 3.43. The van der Waals surface area contributed by atoms with Crippen LogP contribution >= 0.6 is 24.0 Å². The van der Waals surface area contributed by atoms with Crippen molar-refractivity contribution in [2.45, 2.75) is 33.1 Å². The third kappa shape index (κ3) is 10.5. The van der Waals surface area contributed by atoms with E-state index in [2.05, 4.69) is 36.2 Å². The monoisotopic (exact) mass is 519 g/mol. The lowest BCUT2D eigenvalue weighted by molar-refractivity contribution is 0.0536. The molecule has 1 heterocycles. The predicted octanol–water partition coefficient (Wildman–Crippen LogP) is 3.72. The first-order chi connectivity index (χ1) is 13.7. The fourth-order valence-electron chi connectivity index (χ4n) is 3.20. The molecule has 0 aromatic heterocycles. The zero-order valence-electron chi connectivity index (χ0n) is 18.2. The van der Waals surface area contributed by atoms with Crippen LogP contribution in [0.1, 0.15) is 31.7 Å². The maximum absolute atomic E-state index is 5.79. The van der Waals surface area contributed by atoms with E-state index in [4.69, 9.17) is 19.2 Å². The highest BCUT2D eigenvalue weighted by atomic mass is 127. The number of halogens is 1. The summed E-state index contributed by atoms with van der Waals surface area (Å²) in [6.45, 7) is 10.8. The van der Waals surface area contributed by atoms with Gasteiger partial charge in [0, 0.05) is 39.2 Å². The Balaban J connectivity index is 0.00000420. The van der Waals surface area contributed by atoms with E-state index in [0.29, 0.717) is 19.1 Å². The highest BCUT2D eigenvalue weighted by Crippen LogP contribution is 2.17. The Morgan fingerprint density at radius 1 is 1.17 bits per heavy atom. The molecule has 1 aliphatic heterocycles. The van der Waals surface area contributed by atoms with Gasteiger partial charge in [-0.15, -0.1) is 24.0 Å². The molecule has 0 aliphatic carbocycles. The van der Waals surface area contributed by atoms with Gasteiger partial charge in [-0.1, -0.05) is 17.7 Å². The number of aliphatic imine (C=N–C) groups is 1. The lowest BCUT2D eigenvalue weighted by atomic mass is 10.1. The number of hydrogen-bond acceptors (Lipinski definition) is 4. The van der Waals surface area contributed by atoms with Crippen molar-refractivity contribution in [3.8, 4) is 5.75 Å². The van der Waals surface area contributed by atoms with Crippen molar-refractivity contribution in [1.29, 1.82) is 0 Å². The van der Waals surface area contributed by atoms with Gasteiger partial charge in [-0.3, -0.25) is 4.99 Å². The smallest absolute Gasteiger partial charge is 0.193 e. The number of guanidine groups is 1. The zero-order chi connectivity index (χ0) is 20.0. The van der Waals surface area contributed by atoms with Crippen LogP contribution in [0.2, 0.25) is 0 Å². The van der Waals surface area contributed by atoms with Crippen molar-refractivity contribution in [2.24, 2.45) is 10.9 Å². The average molecular weight is 519 g/mol. The Labute approximate surface area is 193 Å². The van der Waals surface area contributed by atoms with Gasteiger partial charge >= 0.3 is 0 Å². The van der Waals surface area contributed by atoms with Crippen LogP contribution in [0, 0.1) is 12.8 Å². The van der Waals surface area contributed by atoms with Gasteiger partial charge in [0.2, 0.25) is 0 Å². The molecular weight excluding hydrogens is 481 g/mol. The van der Waals surface area contributed by atoms with Gasteiger partial charge in [0.05, 0.1) is 26.4 Å². The molecule has 0 amide bonds. The maximum Gasteiger partial charge on any atom is 0.193 e. The number of benzene rings is 1. The highest BCUT2D eigenvalue weighted by molar-refractivity contribution is 14.0. The fourth-order valence-corrected chi connectivity index (χ4v) is 3.20. The molecular formula is C22H38IN3O3. The molecule has 1 fully saturated rings. The molecule has 1 atom stereocenters. The van der Waals surface area contributed by atoms with Crippen LogP contribution in [0.4, 0.5) is 0 Å². The SMILES string of the molecule is CCNC(=NCCCCOc1ccc(C)cc1)N1CCC(COCCOC)C1.I. The normalized spacial score (nSPS) is 16.6. The number of nitrogens with one attached hydrogen (secondary N) is 1. The summed E-state index contributed by atoms with van der Waals surface area (Å²) in [5.41, 5.74) is 1.25. The van der Waals surface area contributed by atoms with E-state index in [9.17, 15) is 0 Å². The second-order valence-electron chi connectivity index (χ2n) is 7.27. The first kappa shape index (κ1) is 26.0. The number of hydrogen-bond donors (Lipinski definition) is 1. The molecule has 2 rings (SSSR count). The number of nitrogens with zero attached hydrogens (tertiary/aromatic N) is 2. The summed E-state index contributed by atoms with van der Waals surface area (Å²) in [5.74, 6) is 2.54. The topological polar surface area (TPSA) is 55.3 Å². The van der Waals surface area contributed by atoms with Gasteiger partial charge in [-0.05, 0) is 45.2 Å². The third-order valence-corrected chi connectivity index (χ3v) is 4.81. The quantitative estimate of drug-likeness (QED) is 0.198. The van der Waals surface area contributed by atoms with Gasteiger partial charge in [-0.25, -0.2) is 0 Å². The molecule has 29 heavy (non-hydrogen) atoms. The predicted molar refractivity (Wildman–Crippen MR) is 130 cm³/mol. The number of unbranched alkanes of at least 4 members (excludes halogenated alkanes) is 1. The summed E-state index contributed by atoms with van der Waals surface area (Å²) in [4.78, 5) is 7.17. The third-order valence-electron chi connectivity index (χ3n) is 4.81. The summed E-state index contributed by atoms with van der Waals surface area (Å²) >= 11 is 0. The Morgan fingerprint density at radius 2 is 1.97 bits per heavy atom. The molecule has 1 aromatic rings. The van der Waals surface area contributed by atoms with Crippen LogP contribution < -0.4 is 10.1 Å². The summed E-state index contributed by atoms with van der Waals surface area (Å²) in [6.07, 6.45) is 3.19. The van der Waals surface area contributed by atoms with E-state index in [1.54, 1.807) is 7.11 Å². The van der Waals surface area contributed by atoms with E-state index in [1.165, 1.54) is 5.56 Å². The first-order valence-corrected chi connectivity index (χ1v) is 10.5. The Bertz CT molecular complexity index is 569. The van der Waals surface area contributed by atoms with Crippen LogP contribution in [-0.4, -0.2) is 70.6 Å². The standard InChI is InChI=1S/C22H37N3O3.HI/c1-4-23-22(25-13-11-20(17-25)18-27-16-15-26-3)24-12-5-6-14-28-21-9-7-19(2)8-10-21;/h7-10,20H,4-6,11-18H2,1-3H3,(H,23,24);1H. The van der Waals surface area contributed by atoms with Gasteiger partial charge < -0.3 is 24.4 Å². The molecule has 6 nitrogen and oxygen atoms in total. The largest absolute Gasteiger partial charge is 0.494 e. The van der Waals surface area contributed by atoms with Crippen LogP contribution in [0.5, 0.6) is 5.75 Å². The Hall–Kier alpha value is -1.06. The molecule has 0 spiro atoms. The van der Waals surface area contributed by atoms with Gasteiger partial charge in [0.25, 0.3) is 0 Å². The molecule has 1 N–H and O–H groups in total. The summed E-state index contributed by atoms with van der Waals surface area (Å²) < 4.78 is 16.5. The molecule has 7 heteroatoms. The van der Waals surface area contributed by atoms with Crippen LogP contribution in [-0.2, 0) is 9.47 Å². The molecule has 1 aromatic carbocycles. The number of methoxy groups -OCH3 is 1. The van der Waals surface area contributed by atoms with Crippen LogP contribution in [0.25, 0.3) is 0 Å². The summed E-state index contributed by atoms with van der Waals surface area (Å²) in [6, 6.07) is 8.21. The molecule has 1 aliphatic rings. The number of ether oxygens (including phenoxy) is 3. The van der Waals surface area contributed by atoms with Crippen molar-refractivity contribution >= 4 is 29.9 Å². The average Bonchev–Trinajstić information content (AvgIpc) is 3.17. The zero-order valence-corrected chi connectivity index (χ0v) is 20.5. The number of aryl methyl sites for hydroxylation is 1. The van der Waals surface area contributed by atoms with Crippen molar-refractivity contribution in [2.75, 3.05) is 59.7 Å². The van der Waals surface area contributed by atoms with E-state index in [-0.39, 0.29) is 24.0 Å². The lowest BCUT2D eigenvalue weighted by Crippen LogP contribution is -2.40. The number of rotatable bonds is 12. The molecule has 1 unspecified atom stereocenters. The second-order valence-corrected chi connectivity index (χ2v) is 7.27. The Morgan fingerprint density at radius 3 is 2.69 bits per heavy atom. The second kappa shape index (κ2) is 15.7. The van der Waals surface area contributed by atoms with Crippen LogP contribution in [0.15, 0.2) is 29.3 Å². The lowest BCUT2D eigenvalue weighted by Gasteiger charge is -2.21. The molecule has 0 bridgehead atoms. The Kier molecular flexibility index (Phi) is 14.1. The minimum atomic E-state index is 0. The minimum Gasteiger partial charge on any atom is -0.494 e.